The van der Waals surface area contributed by atoms with Crippen molar-refractivity contribution < 1.29 is 33.3 Å². The number of nitrogens with zero attached hydrogens (tertiary/aromatic N) is 1. The Hall–Kier alpha value is -3.27. The maximum Gasteiger partial charge on any atom is 0.410 e. The lowest BCUT2D eigenvalue weighted by Crippen LogP contribution is -2.36. The Bertz CT molecular complexity index is 973. The molecule has 1 aliphatic rings. The number of benzene rings is 1. The lowest BCUT2D eigenvalue weighted by atomic mass is 10.0. The number of carbonyl (C=O) groups is 3. The fourth-order valence-electron chi connectivity index (χ4n) is 3.22. The molecular weight excluding hydrogens is 424 g/mol. The van der Waals surface area contributed by atoms with E-state index in [9.17, 15) is 14.4 Å². The molecule has 0 fully saturated rings. The Labute approximate surface area is 183 Å². The van der Waals surface area contributed by atoms with Crippen molar-refractivity contribution in [2.45, 2.75) is 19.9 Å². The summed E-state index contributed by atoms with van der Waals surface area (Å²) in [6.07, 6.45) is 0.0554. The van der Waals surface area contributed by atoms with Crippen LogP contribution in [0.4, 0.5) is 9.80 Å². The Morgan fingerprint density at radius 1 is 1.16 bits per heavy atom. The van der Waals surface area contributed by atoms with Crippen molar-refractivity contribution in [1.29, 1.82) is 0 Å². The highest BCUT2D eigenvalue weighted by Crippen LogP contribution is 2.38. The molecule has 166 valence electrons. The van der Waals surface area contributed by atoms with Gasteiger partial charge in [0, 0.05) is 11.4 Å². The molecule has 1 aliphatic heterocycles. The monoisotopic (exact) mass is 448 g/mol. The third-order valence-corrected chi connectivity index (χ3v) is 5.79. The van der Waals surface area contributed by atoms with Gasteiger partial charge in [0.1, 0.15) is 5.00 Å². The van der Waals surface area contributed by atoms with Gasteiger partial charge in [0.25, 0.3) is 5.91 Å². The van der Waals surface area contributed by atoms with E-state index in [4.69, 9.17) is 18.9 Å². The van der Waals surface area contributed by atoms with Gasteiger partial charge in [-0.1, -0.05) is 12.1 Å². The number of rotatable bonds is 7. The number of ether oxygens (including phenoxy) is 4. The number of thiophene rings is 1. The maximum atomic E-state index is 12.5. The number of fused-ring (bicyclic) bond motifs is 1. The molecule has 2 heterocycles. The second kappa shape index (κ2) is 10.2. The van der Waals surface area contributed by atoms with Gasteiger partial charge < -0.3 is 29.2 Å². The quantitative estimate of drug-likeness (QED) is 0.649. The van der Waals surface area contributed by atoms with Crippen LogP contribution in [-0.2, 0) is 27.2 Å². The first kappa shape index (κ1) is 22.4. The summed E-state index contributed by atoms with van der Waals surface area (Å²) in [5.41, 5.74) is 1.09. The van der Waals surface area contributed by atoms with Gasteiger partial charge in [-0.25, -0.2) is 9.59 Å². The molecule has 31 heavy (non-hydrogen) atoms. The van der Waals surface area contributed by atoms with Gasteiger partial charge in [-0.2, -0.15) is 0 Å². The van der Waals surface area contributed by atoms with Crippen molar-refractivity contribution in [3.05, 3.63) is 40.3 Å². The first-order chi connectivity index (χ1) is 15.0. The van der Waals surface area contributed by atoms with Crippen LogP contribution in [0, 0.1) is 0 Å². The molecule has 1 N–H and O–H groups in total. The SMILES string of the molecule is CCOC(=O)N1CCc2c(sc(NC(=O)COc3ccccc3OC)c2C(=O)OC)C1. The zero-order valence-electron chi connectivity index (χ0n) is 17.6. The molecule has 10 heteroatoms. The number of hydrogen-bond donors (Lipinski definition) is 1. The van der Waals surface area contributed by atoms with Crippen LogP contribution in [-0.4, -0.2) is 56.8 Å². The third kappa shape index (κ3) is 5.08. The van der Waals surface area contributed by atoms with Crippen LogP contribution in [0.5, 0.6) is 11.5 Å². The largest absolute Gasteiger partial charge is 0.493 e. The number of esters is 1. The predicted octanol–water partition coefficient (Wildman–Crippen LogP) is 3.08. The Morgan fingerprint density at radius 2 is 1.90 bits per heavy atom. The predicted molar refractivity (Wildman–Crippen MR) is 114 cm³/mol. The van der Waals surface area contributed by atoms with Gasteiger partial charge in [0.15, 0.2) is 18.1 Å². The van der Waals surface area contributed by atoms with Crippen molar-refractivity contribution in [3.8, 4) is 11.5 Å². The zero-order valence-corrected chi connectivity index (χ0v) is 18.4. The molecule has 0 unspecified atom stereocenters. The lowest BCUT2D eigenvalue weighted by Gasteiger charge is -2.26. The van der Waals surface area contributed by atoms with Gasteiger partial charge >= 0.3 is 12.1 Å². The second-order valence-corrected chi connectivity index (χ2v) is 7.66. The van der Waals surface area contributed by atoms with E-state index < -0.39 is 18.0 Å². The topological polar surface area (TPSA) is 103 Å². The van der Waals surface area contributed by atoms with Gasteiger partial charge in [-0.05, 0) is 31.0 Å². The van der Waals surface area contributed by atoms with Crippen LogP contribution in [0.15, 0.2) is 24.3 Å². The number of carbonyl (C=O) groups excluding carboxylic acids is 3. The van der Waals surface area contributed by atoms with Crippen LogP contribution in [0.3, 0.4) is 0 Å². The maximum absolute atomic E-state index is 12.5. The van der Waals surface area contributed by atoms with E-state index in [1.165, 1.54) is 25.6 Å². The number of nitrogens with one attached hydrogen (secondary N) is 1. The fourth-order valence-corrected chi connectivity index (χ4v) is 4.49. The molecule has 0 radical (unpaired) electrons. The summed E-state index contributed by atoms with van der Waals surface area (Å²) in [4.78, 5) is 39.4. The lowest BCUT2D eigenvalue weighted by molar-refractivity contribution is -0.118. The molecule has 3 rings (SSSR count). The smallest absolute Gasteiger partial charge is 0.410 e. The van der Waals surface area contributed by atoms with Crippen LogP contribution >= 0.6 is 11.3 Å². The Morgan fingerprint density at radius 3 is 2.58 bits per heavy atom. The van der Waals surface area contributed by atoms with Gasteiger partial charge in [-0.3, -0.25) is 4.79 Å². The van der Waals surface area contributed by atoms with Crippen LogP contribution < -0.4 is 14.8 Å². The molecule has 0 bridgehead atoms. The van der Waals surface area contributed by atoms with E-state index in [1.807, 2.05) is 0 Å². The minimum atomic E-state index is -0.539. The van der Waals surface area contributed by atoms with Crippen molar-refractivity contribution in [1.82, 2.24) is 4.90 Å². The van der Waals surface area contributed by atoms with E-state index in [2.05, 4.69) is 5.32 Å². The number of methoxy groups -OCH3 is 2. The molecule has 2 aromatic rings. The van der Waals surface area contributed by atoms with Crippen LogP contribution in [0.1, 0.15) is 27.7 Å². The normalized spacial score (nSPS) is 12.5. The van der Waals surface area contributed by atoms with Gasteiger partial charge in [-0.15, -0.1) is 11.3 Å². The third-order valence-electron chi connectivity index (χ3n) is 4.65. The second-order valence-electron chi connectivity index (χ2n) is 6.56. The minimum Gasteiger partial charge on any atom is -0.493 e. The molecule has 0 saturated carbocycles. The summed E-state index contributed by atoms with van der Waals surface area (Å²) >= 11 is 1.24. The molecule has 1 aromatic heterocycles. The summed E-state index contributed by atoms with van der Waals surface area (Å²) in [6.45, 7) is 2.48. The van der Waals surface area contributed by atoms with E-state index in [0.717, 1.165) is 10.4 Å². The standard InChI is InChI=1S/C21H24N2O7S/c1-4-29-21(26)23-10-9-13-16(11-23)31-19(18(13)20(25)28-3)22-17(24)12-30-15-8-6-5-7-14(15)27-2/h5-8H,4,9-12H2,1-3H3,(H,22,24). The highest BCUT2D eigenvalue weighted by Gasteiger charge is 2.31. The van der Waals surface area contributed by atoms with Crippen molar-refractivity contribution in [3.63, 3.8) is 0 Å². The van der Waals surface area contributed by atoms with E-state index in [0.29, 0.717) is 41.6 Å². The molecule has 0 atom stereocenters. The average molecular weight is 448 g/mol. The first-order valence-corrected chi connectivity index (χ1v) is 10.5. The first-order valence-electron chi connectivity index (χ1n) is 9.68. The summed E-state index contributed by atoms with van der Waals surface area (Å²) in [6, 6.07) is 6.99. The number of amides is 2. The van der Waals surface area contributed by atoms with Crippen molar-refractivity contribution >= 4 is 34.3 Å². The van der Waals surface area contributed by atoms with Crippen molar-refractivity contribution in [2.75, 3.05) is 39.3 Å². The minimum absolute atomic E-state index is 0.265. The average Bonchev–Trinajstić information content (AvgIpc) is 3.14. The summed E-state index contributed by atoms with van der Waals surface area (Å²) in [7, 11) is 2.80. The summed E-state index contributed by atoms with van der Waals surface area (Å²) in [5.74, 6) is -0.0278. The fraction of sp³-hybridized carbons (Fsp3) is 0.381. The highest BCUT2D eigenvalue weighted by molar-refractivity contribution is 7.17. The number of hydrogen-bond acceptors (Lipinski definition) is 8. The highest BCUT2D eigenvalue weighted by atomic mass is 32.1. The Balaban J connectivity index is 1.75. The van der Waals surface area contributed by atoms with Gasteiger partial charge in [0.2, 0.25) is 0 Å². The van der Waals surface area contributed by atoms with E-state index in [-0.39, 0.29) is 13.2 Å². The number of anilines is 1. The molecule has 0 spiro atoms. The van der Waals surface area contributed by atoms with Gasteiger partial charge in [0.05, 0.1) is 32.9 Å². The van der Waals surface area contributed by atoms with Crippen LogP contribution in [0.2, 0.25) is 0 Å². The van der Waals surface area contributed by atoms with Crippen LogP contribution in [0.25, 0.3) is 0 Å². The van der Waals surface area contributed by atoms with Crippen molar-refractivity contribution in [2.24, 2.45) is 0 Å². The molecule has 0 aliphatic carbocycles. The molecule has 0 saturated heterocycles. The molecular formula is C21H24N2O7S. The van der Waals surface area contributed by atoms with E-state index in [1.54, 1.807) is 36.1 Å². The molecule has 9 nitrogen and oxygen atoms in total. The molecule has 2 amide bonds. The summed E-state index contributed by atoms with van der Waals surface area (Å²) in [5, 5.41) is 3.11. The Kier molecular flexibility index (Phi) is 7.35. The molecule has 1 aromatic carbocycles. The zero-order chi connectivity index (χ0) is 22.4. The van der Waals surface area contributed by atoms with E-state index >= 15 is 0 Å². The number of para-hydroxylation sites is 2. The summed E-state index contributed by atoms with van der Waals surface area (Å²) < 4.78 is 20.7.